The standard InChI is InChI=1S/C20H18F2N2O2/c21-14-7-8-17(22)16(10-14)13-4-3-9-24(12-13)20(25)11-18-15-5-1-2-6-19(15)26-23-18/h1-2,5-8,10,13H,3-4,9,11-12H2. The summed E-state index contributed by atoms with van der Waals surface area (Å²) >= 11 is 0. The summed E-state index contributed by atoms with van der Waals surface area (Å²) < 4.78 is 32.8. The topological polar surface area (TPSA) is 46.3 Å². The molecule has 26 heavy (non-hydrogen) atoms. The monoisotopic (exact) mass is 356 g/mol. The molecule has 4 rings (SSSR count). The van der Waals surface area contributed by atoms with Crippen molar-refractivity contribution in [2.75, 3.05) is 13.1 Å². The summed E-state index contributed by atoms with van der Waals surface area (Å²) in [6.45, 7) is 0.997. The lowest BCUT2D eigenvalue weighted by Gasteiger charge is -2.33. The van der Waals surface area contributed by atoms with Crippen LogP contribution in [0.1, 0.15) is 30.0 Å². The minimum atomic E-state index is -0.459. The first kappa shape index (κ1) is 16.7. The first-order valence-electron chi connectivity index (χ1n) is 8.68. The lowest BCUT2D eigenvalue weighted by atomic mass is 9.90. The van der Waals surface area contributed by atoms with E-state index in [1.807, 2.05) is 18.2 Å². The molecule has 1 aliphatic rings. The minimum Gasteiger partial charge on any atom is -0.356 e. The average molecular weight is 356 g/mol. The SMILES string of the molecule is O=C(Cc1noc2ccccc12)N1CCCC(c2cc(F)ccc2F)C1. The van der Waals surface area contributed by atoms with Gasteiger partial charge in [0.2, 0.25) is 5.91 Å². The number of piperidine rings is 1. The normalized spacial score (nSPS) is 17.6. The van der Waals surface area contributed by atoms with Gasteiger partial charge in [0.25, 0.3) is 0 Å². The third-order valence-electron chi connectivity index (χ3n) is 4.94. The molecule has 0 aliphatic carbocycles. The van der Waals surface area contributed by atoms with E-state index in [0.29, 0.717) is 29.9 Å². The van der Waals surface area contributed by atoms with Crippen molar-refractivity contribution < 1.29 is 18.1 Å². The highest BCUT2D eigenvalue weighted by molar-refractivity contribution is 5.86. The van der Waals surface area contributed by atoms with E-state index in [1.54, 1.807) is 11.0 Å². The number of para-hydroxylation sites is 1. The molecule has 3 aromatic rings. The van der Waals surface area contributed by atoms with Gasteiger partial charge in [-0.1, -0.05) is 17.3 Å². The fraction of sp³-hybridized carbons (Fsp3) is 0.300. The Kier molecular flexibility index (Phi) is 4.41. The van der Waals surface area contributed by atoms with E-state index >= 15 is 0 Å². The van der Waals surface area contributed by atoms with Crippen LogP contribution in [0, 0.1) is 11.6 Å². The van der Waals surface area contributed by atoms with Crippen LogP contribution in [0.5, 0.6) is 0 Å². The van der Waals surface area contributed by atoms with Gasteiger partial charge in [0.1, 0.15) is 17.3 Å². The zero-order valence-electron chi connectivity index (χ0n) is 14.1. The first-order chi connectivity index (χ1) is 12.6. The molecule has 1 fully saturated rings. The van der Waals surface area contributed by atoms with Gasteiger partial charge in [-0.05, 0) is 48.7 Å². The number of nitrogens with zero attached hydrogens (tertiary/aromatic N) is 2. The second kappa shape index (κ2) is 6.86. The van der Waals surface area contributed by atoms with Gasteiger partial charge in [0.05, 0.1) is 6.42 Å². The van der Waals surface area contributed by atoms with Crippen LogP contribution in [0.15, 0.2) is 47.0 Å². The number of aromatic nitrogens is 1. The zero-order valence-corrected chi connectivity index (χ0v) is 14.1. The second-order valence-corrected chi connectivity index (χ2v) is 6.65. The summed E-state index contributed by atoms with van der Waals surface area (Å²) in [6.07, 6.45) is 1.62. The molecule has 0 N–H and O–H groups in total. The maximum atomic E-state index is 14.1. The van der Waals surface area contributed by atoms with Crippen molar-refractivity contribution in [1.82, 2.24) is 10.1 Å². The number of benzene rings is 2. The number of hydrogen-bond acceptors (Lipinski definition) is 3. The number of amides is 1. The summed E-state index contributed by atoms with van der Waals surface area (Å²) in [4.78, 5) is 14.4. The van der Waals surface area contributed by atoms with Crippen molar-refractivity contribution in [2.45, 2.75) is 25.2 Å². The largest absolute Gasteiger partial charge is 0.356 e. The summed E-state index contributed by atoms with van der Waals surface area (Å²) in [5.74, 6) is -1.16. The van der Waals surface area contributed by atoms with Gasteiger partial charge in [0.15, 0.2) is 5.58 Å². The zero-order chi connectivity index (χ0) is 18.1. The predicted molar refractivity (Wildman–Crippen MR) is 92.6 cm³/mol. The number of fused-ring (bicyclic) bond motifs is 1. The van der Waals surface area contributed by atoms with Crippen molar-refractivity contribution in [3.63, 3.8) is 0 Å². The van der Waals surface area contributed by atoms with Gasteiger partial charge >= 0.3 is 0 Å². The third kappa shape index (κ3) is 3.19. The molecular weight excluding hydrogens is 338 g/mol. The Labute approximate surface area is 149 Å². The molecule has 0 saturated carbocycles. The highest BCUT2D eigenvalue weighted by Gasteiger charge is 2.27. The Morgan fingerprint density at radius 3 is 2.96 bits per heavy atom. The molecule has 1 aliphatic heterocycles. The van der Waals surface area contributed by atoms with Crippen molar-refractivity contribution >= 4 is 16.9 Å². The Hall–Kier alpha value is -2.76. The molecule has 2 aromatic carbocycles. The lowest BCUT2D eigenvalue weighted by Crippen LogP contribution is -2.40. The van der Waals surface area contributed by atoms with Crippen LogP contribution in [-0.2, 0) is 11.2 Å². The van der Waals surface area contributed by atoms with Gasteiger partial charge in [-0.2, -0.15) is 0 Å². The smallest absolute Gasteiger partial charge is 0.228 e. The summed E-state index contributed by atoms with van der Waals surface area (Å²) in [5, 5.41) is 4.83. The molecular formula is C20H18F2N2O2. The lowest BCUT2D eigenvalue weighted by molar-refractivity contribution is -0.131. The molecule has 0 radical (unpaired) electrons. The molecule has 134 valence electrons. The highest BCUT2D eigenvalue weighted by atomic mass is 19.1. The van der Waals surface area contributed by atoms with Gasteiger partial charge in [0, 0.05) is 24.4 Å². The van der Waals surface area contributed by atoms with Crippen molar-refractivity contribution in [3.8, 4) is 0 Å². The van der Waals surface area contributed by atoms with E-state index in [9.17, 15) is 13.6 Å². The molecule has 1 aromatic heterocycles. The van der Waals surface area contributed by atoms with Crippen LogP contribution in [-0.4, -0.2) is 29.1 Å². The van der Waals surface area contributed by atoms with Crippen molar-refractivity contribution in [3.05, 3.63) is 65.4 Å². The molecule has 1 unspecified atom stereocenters. The van der Waals surface area contributed by atoms with Gasteiger partial charge < -0.3 is 9.42 Å². The molecule has 0 spiro atoms. The van der Waals surface area contributed by atoms with Crippen LogP contribution in [0.2, 0.25) is 0 Å². The van der Waals surface area contributed by atoms with E-state index in [4.69, 9.17) is 4.52 Å². The molecule has 2 heterocycles. The molecule has 0 bridgehead atoms. The maximum Gasteiger partial charge on any atom is 0.228 e. The fourth-order valence-corrected chi connectivity index (χ4v) is 3.61. The summed E-state index contributed by atoms with van der Waals surface area (Å²) in [7, 11) is 0. The quantitative estimate of drug-likeness (QED) is 0.711. The number of carbonyl (C=O) groups is 1. The van der Waals surface area contributed by atoms with E-state index in [-0.39, 0.29) is 18.2 Å². The van der Waals surface area contributed by atoms with Crippen LogP contribution >= 0.6 is 0 Å². The summed E-state index contributed by atoms with van der Waals surface area (Å²) in [6, 6.07) is 10.9. The Bertz CT molecular complexity index is 954. The van der Waals surface area contributed by atoms with Crippen LogP contribution in [0.4, 0.5) is 8.78 Å². The third-order valence-corrected chi connectivity index (χ3v) is 4.94. The van der Waals surface area contributed by atoms with Crippen LogP contribution in [0.25, 0.3) is 11.0 Å². The van der Waals surface area contributed by atoms with Crippen molar-refractivity contribution in [1.29, 1.82) is 0 Å². The maximum absolute atomic E-state index is 14.1. The highest BCUT2D eigenvalue weighted by Crippen LogP contribution is 2.30. The van der Waals surface area contributed by atoms with Gasteiger partial charge in [-0.15, -0.1) is 0 Å². The molecule has 6 heteroatoms. The number of halogens is 2. The number of rotatable bonds is 3. The molecule has 4 nitrogen and oxygen atoms in total. The van der Waals surface area contributed by atoms with Gasteiger partial charge in [-0.3, -0.25) is 4.79 Å². The number of carbonyl (C=O) groups excluding carboxylic acids is 1. The predicted octanol–water partition coefficient (Wildman–Crippen LogP) is 4.05. The second-order valence-electron chi connectivity index (χ2n) is 6.65. The summed E-state index contributed by atoms with van der Waals surface area (Å²) in [5.41, 5.74) is 1.59. The Morgan fingerprint density at radius 2 is 2.08 bits per heavy atom. The molecule has 1 atom stereocenters. The fourth-order valence-electron chi connectivity index (χ4n) is 3.61. The molecule has 1 saturated heterocycles. The Morgan fingerprint density at radius 1 is 1.23 bits per heavy atom. The van der Waals surface area contributed by atoms with Crippen LogP contribution in [0.3, 0.4) is 0 Å². The first-order valence-corrected chi connectivity index (χ1v) is 8.68. The minimum absolute atomic E-state index is 0.0782. The van der Waals surface area contributed by atoms with E-state index < -0.39 is 11.6 Å². The number of hydrogen-bond donors (Lipinski definition) is 0. The van der Waals surface area contributed by atoms with E-state index in [2.05, 4.69) is 5.16 Å². The van der Waals surface area contributed by atoms with Crippen LogP contribution < -0.4 is 0 Å². The Balaban J connectivity index is 1.50. The van der Waals surface area contributed by atoms with Crippen molar-refractivity contribution in [2.24, 2.45) is 0 Å². The van der Waals surface area contributed by atoms with E-state index in [0.717, 1.165) is 30.4 Å². The average Bonchev–Trinajstić information content (AvgIpc) is 3.07. The van der Waals surface area contributed by atoms with E-state index in [1.165, 1.54) is 6.07 Å². The number of likely N-dealkylation sites (tertiary alicyclic amines) is 1. The van der Waals surface area contributed by atoms with Gasteiger partial charge in [-0.25, -0.2) is 8.78 Å². The molecule has 1 amide bonds.